The summed E-state index contributed by atoms with van der Waals surface area (Å²) in [6.07, 6.45) is 6.12. The van der Waals surface area contributed by atoms with Gasteiger partial charge >= 0.3 is 0 Å². The molecule has 2 aromatic rings. The minimum Gasteiger partial charge on any atom is -0.338 e. The number of piperidine rings is 2. The SMILES string of the molecule is Cc1nc(-c2cc(Cl)ccc2Cl)sc1C(=O)N1CCC(N2CCCCC2)CC1. The monoisotopic (exact) mass is 437 g/mol. The van der Waals surface area contributed by atoms with Gasteiger partial charge in [-0.1, -0.05) is 29.6 Å². The topological polar surface area (TPSA) is 36.4 Å². The Morgan fingerprint density at radius 2 is 1.82 bits per heavy atom. The van der Waals surface area contributed by atoms with E-state index in [2.05, 4.69) is 9.88 Å². The Morgan fingerprint density at radius 3 is 2.54 bits per heavy atom. The molecule has 2 fully saturated rings. The highest BCUT2D eigenvalue weighted by molar-refractivity contribution is 7.17. The van der Waals surface area contributed by atoms with Crippen molar-refractivity contribution in [3.05, 3.63) is 38.8 Å². The first-order chi connectivity index (χ1) is 13.5. The molecule has 2 aliphatic heterocycles. The van der Waals surface area contributed by atoms with E-state index in [0.717, 1.165) is 42.2 Å². The first-order valence-electron chi connectivity index (χ1n) is 9.99. The Balaban J connectivity index is 1.45. The normalized spacial score (nSPS) is 19.2. The molecule has 2 aliphatic rings. The number of hydrogen-bond acceptors (Lipinski definition) is 4. The van der Waals surface area contributed by atoms with Gasteiger partial charge in [-0.15, -0.1) is 11.3 Å². The molecule has 150 valence electrons. The molecular weight excluding hydrogens is 413 g/mol. The Bertz CT molecular complexity index is 855. The van der Waals surface area contributed by atoms with Crippen molar-refractivity contribution in [3.8, 4) is 10.6 Å². The van der Waals surface area contributed by atoms with Crippen molar-refractivity contribution < 1.29 is 4.79 Å². The second-order valence-electron chi connectivity index (χ2n) is 7.68. The van der Waals surface area contributed by atoms with E-state index in [1.807, 2.05) is 11.8 Å². The molecule has 7 heteroatoms. The summed E-state index contributed by atoms with van der Waals surface area (Å²) in [6.45, 7) is 5.98. The smallest absolute Gasteiger partial charge is 0.265 e. The van der Waals surface area contributed by atoms with Crippen molar-refractivity contribution >= 4 is 40.4 Å². The van der Waals surface area contributed by atoms with Gasteiger partial charge in [-0.3, -0.25) is 4.79 Å². The van der Waals surface area contributed by atoms with Crippen LogP contribution in [0.15, 0.2) is 18.2 Å². The van der Waals surface area contributed by atoms with Gasteiger partial charge in [0.2, 0.25) is 0 Å². The van der Waals surface area contributed by atoms with Crippen molar-refractivity contribution in [2.45, 2.75) is 45.1 Å². The van der Waals surface area contributed by atoms with Crippen LogP contribution in [0.25, 0.3) is 10.6 Å². The first-order valence-corrected chi connectivity index (χ1v) is 11.6. The third kappa shape index (κ3) is 4.23. The Labute approximate surface area is 180 Å². The molecule has 0 unspecified atom stereocenters. The maximum Gasteiger partial charge on any atom is 0.265 e. The minimum atomic E-state index is 0.0940. The summed E-state index contributed by atoms with van der Waals surface area (Å²) in [5, 5.41) is 1.95. The van der Waals surface area contributed by atoms with Crippen LogP contribution in [0.5, 0.6) is 0 Å². The molecule has 0 radical (unpaired) electrons. The molecule has 0 atom stereocenters. The Hall–Kier alpha value is -1.14. The number of hydrogen-bond donors (Lipinski definition) is 0. The summed E-state index contributed by atoms with van der Waals surface area (Å²) in [5.41, 5.74) is 1.55. The molecule has 0 spiro atoms. The van der Waals surface area contributed by atoms with Crippen LogP contribution in [0, 0.1) is 6.92 Å². The van der Waals surface area contributed by atoms with E-state index in [9.17, 15) is 4.79 Å². The second kappa shape index (κ2) is 8.70. The number of rotatable bonds is 3. The summed E-state index contributed by atoms with van der Waals surface area (Å²) < 4.78 is 0. The second-order valence-corrected chi connectivity index (χ2v) is 9.52. The molecule has 4 nitrogen and oxygen atoms in total. The van der Waals surface area contributed by atoms with Crippen LogP contribution < -0.4 is 0 Å². The van der Waals surface area contributed by atoms with Gasteiger partial charge in [0.25, 0.3) is 5.91 Å². The first kappa shape index (κ1) is 20.1. The molecule has 3 heterocycles. The molecule has 2 saturated heterocycles. The van der Waals surface area contributed by atoms with E-state index >= 15 is 0 Å². The zero-order chi connectivity index (χ0) is 19.7. The van der Waals surface area contributed by atoms with Crippen LogP contribution in [-0.4, -0.2) is 52.9 Å². The molecule has 0 aliphatic carbocycles. The van der Waals surface area contributed by atoms with Gasteiger partial charge in [-0.2, -0.15) is 0 Å². The van der Waals surface area contributed by atoms with Crippen molar-refractivity contribution in [3.63, 3.8) is 0 Å². The summed E-state index contributed by atoms with van der Waals surface area (Å²) in [4.78, 5) is 23.1. The molecule has 0 bridgehead atoms. The fraction of sp³-hybridized carbons (Fsp3) is 0.524. The van der Waals surface area contributed by atoms with Crippen LogP contribution in [0.1, 0.15) is 47.5 Å². The molecule has 4 rings (SSSR count). The van der Waals surface area contributed by atoms with E-state index < -0.39 is 0 Å². The van der Waals surface area contributed by atoms with Crippen molar-refractivity contribution in [2.75, 3.05) is 26.2 Å². The Kier molecular flexibility index (Phi) is 6.26. The van der Waals surface area contributed by atoms with Crippen molar-refractivity contribution in [1.82, 2.24) is 14.8 Å². The zero-order valence-corrected chi connectivity index (χ0v) is 18.4. The predicted molar refractivity (Wildman–Crippen MR) is 117 cm³/mol. The Morgan fingerprint density at radius 1 is 1.11 bits per heavy atom. The molecule has 1 amide bonds. The number of carbonyl (C=O) groups is 1. The van der Waals surface area contributed by atoms with Crippen LogP contribution in [0.3, 0.4) is 0 Å². The lowest BCUT2D eigenvalue weighted by atomic mass is 10.00. The number of halogens is 2. The average Bonchev–Trinajstić information content (AvgIpc) is 3.11. The van der Waals surface area contributed by atoms with Gasteiger partial charge in [-0.05, 0) is 63.9 Å². The number of carbonyl (C=O) groups excluding carboxylic acids is 1. The number of nitrogens with zero attached hydrogens (tertiary/aromatic N) is 3. The number of likely N-dealkylation sites (tertiary alicyclic amines) is 2. The highest BCUT2D eigenvalue weighted by Crippen LogP contribution is 2.35. The fourth-order valence-corrected chi connectivity index (χ4v) is 5.73. The molecule has 28 heavy (non-hydrogen) atoms. The van der Waals surface area contributed by atoms with Gasteiger partial charge in [-0.25, -0.2) is 4.98 Å². The van der Waals surface area contributed by atoms with Crippen LogP contribution in [-0.2, 0) is 0 Å². The number of thiazole rings is 1. The third-order valence-corrected chi connectivity index (χ3v) is 7.55. The summed E-state index contributed by atoms with van der Waals surface area (Å²) >= 11 is 13.8. The maximum atomic E-state index is 13.1. The molecule has 0 saturated carbocycles. The fourth-order valence-electron chi connectivity index (χ4n) is 4.23. The number of aromatic nitrogens is 1. The molecule has 1 aromatic heterocycles. The predicted octanol–water partition coefficient (Wildman–Crippen LogP) is 5.52. The lowest BCUT2D eigenvalue weighted by molar-refractivity contribution is 0.0593. The maximum absolute atomic E-state index is 13.1. The van der Waals surface area contributed by atoms with Crippen molar-refractivity contribution in [2.24, 2.45) is 0 Å². The van der Waals surface area contributed by atoms with Crippen LogP contribution >= 0.6 is 34.5 Å². The molecule has 0 N–H and O–H groups in total. The van der Waals surface area contributed by atoms with E-state index in [1.165, 1.54) is 43.7 Å². The highest BCUT2D eigenvalue weighted by atomic mass is 35.5. The standard InChI is InChI=1S/C21H25Cl2N3OS/c1-14-19(28-20(24-14)17-13-15(22)5-6-18(17)23)21(27)26-11-7-16(8-12-26)25-9-3-2-4-10-25/h5-6,13,16H,2-4,7-12H2,1H3. The van der Waals surface area contributed by atoms with E-state index in [0.29, 0.717) is 21.0 Å². The third-order valence-electron chi connectivity index (χ3n) is 5.81. The van der Waals surface area contributed by atoms with Crippen molar-refractivity contribution in [1.29, 1.82) is 0 Å². The molecular formula is C21H25Cl2N3OS. The lowest BCUT2D eigenvalue weighted by Gasteiger charge is -2.40. The van der Waals surface area contributed by atoms with Crippen LogP contribution in [0.4, 0.5) is 0 Å². The van der Waals surface area contributed by atoms with E-state index in [4.69, 9.17) is 23.2 Å². The quantitative estimate of drug-likeness (QED) is 0.634. The van der Waals surface area contributed by atoms with Gasteiger partial charge in [0, 0.05) is 29.7 Å². The average molecular weight is 438 g/mol. The van der Waals surface area contributed by atoms with Gasteiger partial charge < -0.3 is 9.80 Å². The minimum absolute atomic E-state index is 0.0940. The van der Waals surface area contributed by atoms with E-state index in [-0.39, 0.29) is 5.91 Å². The number of benzene rings is 1. The summed E-state index contributed by atoms with van der Waals surface area (Å²) in [7, 11) is 0. The largest absolute Gasteiger partial charge is 0.338 e. The number of amides is 1. The zero-order valence-electron chi connectivity index (χ0n) is 16.1. The van der Waals surface area contributed by atoms with Crippen LogP contribution in [0.2, 0.25) is 10.0 Å². The van der Waals surface area contributed by atoms with Gasteiger partial charge in [0.1, 0.15) is 9.88 Å². The van der Waals surface area contributed by atoms with Gasteiger partial charge in [0.05, 0.1) is 10.7 Å². The highest BCUT2D eigenvalue weighted by Gasteiger charge is 2.29. The molecule has 1 aromatic carbocycles. The summed E-state index contributed by atoms with van der Waals surface area (Å²) in [6, 6.07) is 5.96. The lowest BCUT2D eigenvalue weighted by Crippen LogP contribution is -2.48. The number of aryl methyl sites for hydroxylation is 1. The van der Waals surface area contributed by atoms with E-state index in [1.54, 1.807) is 18.2 Å². The summed E-state index contributed by atoms with van der Waals surface area (Å²) in [5.74, 6) is 0.0940. The van der Waals surface area contributed by atoms with Gasteiger partial charge in [0.15, 0.2) is 0 Å².